The highest BCUT2D eigenvalue weighted by Crippen LogP contribution is 2.21. The predicted octanol–water partition coefficient (Wildman–Crippen LogP) is 2.97. The van der Waals surface area contributed by atoms with Crippen molar-refractivity contribution in [2.75, 3.05) is 0 Å². The van der Waals surface area contributed by atoms with Gasteiger partial charge in [0.1, 0.15) is 5.02 Å². The van der Waals surface area contributed by atoms with Gasteiger partial charge in [0.15, 0.2) is 0 Å². The molecule has 0 saturated heterocycles. The Morgan fingerprint density at radius 3 is 2.43 bits per heavy atom. The fourth-order valence-electron chi connectivity index (χ4n) is 1.22. The van der Waals surface area contributed by atoms with Crippen molar-refractivity contribution in [3.05, 3.63) is 47.0 Å². The van der Waals surface area contributed by atoms with E-state index in [0.717, 1.165) is 0 Å². The molecule has 0 unspecified atom stereocenters. The fourth-order valence-corrected chi connectivity index (χ4v) is 1.34. The number of aromatic nitrogens is 2. The van der Waals surface area contributed by atoms with Gasteiger partial charge in [0, 0.05) is 0 Å². The largest absolute Gasteiger partial charge is 0.235 e. The Hall–Kier alpha value is -1.35. The van der Waals surface area contributed by atoms with E-state index in [1.54, 1.807) is 19.1 Å². The number of nitrogens with zero attached hydrogens (tertiary/aromatic N) is 2. The first-order valence-electron chi connectivity index (χ1n) is 4.16. The molecule has 0 amide bonds. The highest BCUT2D eigenvalue weighted by molar-refractivity contribution is 6.31. The van der Waals surface area contributed by atoms with Crippen LogP contribution in [0.4, 0.5) is 4.39 Å². The Kier molecular flexibility index (Phi) is 2.25. The minimum atomic E-state index is -0.518. The van der Waals surface area contributed by atoms with E-state index in [4.69, 9.17) is 11.6 Å². The van der Waals surface area contributed by atoms with Crippen LogP contribution in [0.1, 0.15) is 5.69 Å². The normalized spacial score (nSPS) is 10.5. The number of halogens is 2. The average molecular weight is 211 g/mol. The highest BCUT2D eigenvalue weighted by atomic mass is 35.5. The molecule has 0 N–H and O–H groups in total. The Morgan fingerprint density at radius 1 is 1.29 bits per heavy atom. The summed E-state index contributed by atoms with van der Waals surface area (Å²) < 4.78 is 14.7. The molecule has 0 saturated carbocycles. The summed E-state index contributed by atoms with van der Waals surface area (Å²) in [5.74, 6) is -0.518. The van der Waals surface area contributed by atoms with Crippen molar-refractivity contribution in [2.45, 2.75) is 6.92 Å². The van der Waals surface area contributed by atoms with E-state index in [0.29, 0.717) is 11.4 Å². The maximum absolute atomic E-state index is 13.5. The number of para-hydroxylation sites is 1. The molecule has 1 heterocycles. The molecule has 1 aromatic carbocycles. The van der Waals surface area contributed by atoms with Crippen LogP contribution >= 0.6 is 11.6 Å². The lowest BCUT2D eigenvalue weighted by Crippen LogP contribution is -1.98. The molecule has 14 heavy (non-hydrogen) atoms. The van der Waals surface area contributed by atoms with Crippen LogP contribution in [0.5, 0.6) is 0 Å². The molecule has 4 heteroatoms. The quantitative estimate of drug-likeness (QED) is 0.708. The molecule has 0 aliphatic rings. The van der Waals surface area contributed by atoms with Crippen LogP contribution in [-0.4, -0.2) is 9.78 Å². The first-order valence-corrected chi connectivity index (χ1v) is 4.54. The van der Waals surface area contributed by atoms with Gasteiger partial charge in [-0.15, -0.1) is 0 Å². The minimum Gasteiger partial charge on any atom is -0.205 e. The second-order valence-electron chi connectivity index (χ2n) is 2.94. The monoisotopic (exact) mass is 210 g/mol. The lowest BCUT2D eigenvalue weighted by atomic mass is 10.3. The predicted molar refractivity (Wildman–Crippen MR) is 53.3 cm³/mol. The van der Waals surface area contributed by atoms with Crippen molar-refractivity contribution in [1.82, 2.24) is 9.78 Å². The molecular weight excluding hydrogens is 203 g/mol. The molecule has 0 fully saturated rings. The van der Waals surface area contributed by atoms with Crippen molar-refractivity contribution in [3.63, 3.8) is 0 Å². The van der Waals surface area contributed by atoms with Gasteiger partial charge >= 0.3 is 0 Å². The van der Waals surface area contributed by atoms with Crippen LogP contribution < -0.4 is 0 Å². The topological polar surface area (TPSA) is 17.8 Å². The van der Waals surface area contributed by atoms with E-state index < -0.39 is 5.95 Å². The van der Waals surface area contributed by atoms with Crippen LogP contribution in [0.2, 0.25) is 5.02 Å². The summed E-state index contributed by atoms with van der Waals surface area (Å²) in [6, 6.07) is 9.04. The van der Waals surface area contributed by atoms with Crippen LogP contribution in [-0.2, 0) is 0 Å². The van der Waals surface area contributed by atoms with Gasteiger partial charge in [-0.2, -0.15) is 9.49 Å². The summed E-state index contributed by atoms with van der Waals surface area (Å²) in [5, 5.41) is 4.07. The second kappa shape index (κ2) is 3.42. The smallest absolute Gasteiger partial charge is 0.205 e. The number of rotatable bonds is 1. The first kappa shape index (κ1) is 9.21. The molecule has 0 bridgehead atoms. The number of aryl methyl sites for hydroxylation is 1. The minimum absolute atomic E-state index is 0.0776. The van der Waals surface area contributed by atoms with Gasteiger partial charge in [-0.3, -0.25) is 0 Å². The highest BCUT2D eigenvalue weighted by Gasteiger charge is 2.13. The molecule has 0 radical (unpaired) electrons. The van der Waals surface area contributed by atoms with Crippen molar-refractivity contribution in [2.24, 2.45) is 0 Å². The average Bonchev–Trinajstić information content (AvgIpc) is 2.47. The molecule has 0 atom stereocenters. The van der Waals surface area contributed by atoms with Gasteiger partial charge in [0.25, 0.3) is 0 Å². The van der Waals surface area contributed by atoms with Crippen molar-refractivity contribution < 1.29 is 4.39 Å². The zero-order chi connectivity index (χ0) is 10.1. The molecule has 0 spiro atoms. The molecule has 0 aliphatic heterocycles. The van der Waals surface area contributed by atoms with Crippen LogP contribution in [0.3, 0.4) is 0 Å². The van der Waals surface area contributed by atoms with Gasteiger partial charge in [0.2, 0.25) is 5.95 Å². The lowest BCUT2D eigenvalue weighted by Gasteiger charge is -2.00. The number of benzene rings is 1. The van der Waals surface area contributed by atoms with Gasteiger partial charge in [-0.25, -0.2) is 4.68 Å². The molecule has 2 rings (SSSR count). The van der Waals surface area contributed by atoms with Gasteiger partial charge in [-0.1, -0.05) is 29.8 Å². The summed E-state index contributed by atoms with van der Waals surface area (Å²) >= 11 is 5.69. The van der Waals surface area contributed by atoms with Gasteiger partial charge in [-0.05, 0) is 19.1 Å². The second-order valence-corrected chi connectivity index (χ2v) is 3.32. The third kappa shape index (κ3) is 1.40. The summed E-state index contributed by atoms with van der Waals surface area (Å²) in [7, 11) is 0. The number of hydrogen-bond donors (Lipinski definition) is 0. The van der Waals surface area contributed by atoms with Crippen LogP contribution in [0.15, 0.2) is 30.3 Å². The zero-order valence-electron chi connectivity index (χ0n) is 7.54. The standard InChI is InChI=1S/C10H8ClFN2/c1-7-9(11)10(12)14(13-7)8-5-3-2-4-6-8/h2-6H,1H3. The lowest BCUT2D eigenvalue weighted by molar-refractivity contribution is 0.537. The van der Waals surface area contributed by atoms with E-state index in [1.807, 2.05) is 18.2 Å². The Morgan fingerprint density at radius 2 is 1.93 bits per heavy atom. The van der Waals surface area contributed by atoms with Crippen LogP contribution in [0.25, 0.3) is 5.69 Å². The molecule has 1 aromatic heterocycles. The van der Waals surface area contributed by atoms with Crippen molar-refractivity contribution >= 4 is 11.6 Å². The van der Waals surface area contributed by atoms with E-state index in [9.17, 15) is 4.39 Å². The first-order chi connectivity index (χ1) is 6.70. The van der Waals surface area contributed by atoms with Gasteiger partial charge in [0.05, 0.1) is 11.4 Å². The molecule has 72 valence electrons. The molecular formula is C10H8ClFN2. The molecule has 2 nitrogen and oxygen atoms in total. The van der Waals surface area contributed by atoms with E-state index in [1.165, 1.54) is 4.68 Å². The maximum Gasteiger partial charge on any atom is 0.235 e. The SMILES string of the molecule is Cc1nn(-c2ccccc2)c(F)c1Cl. The molecule has 0 aliphatic carbocycles. The Balaban J connectivity index is 2.58. The summed E-state index contributed by atoms with van der Waals surface area (Å²) in [6.45, 7) is 1.67. The van der Waals surface area contributed by atoms with Gasteiger partial charge < -0.3 is 0 Å². The number of hydrogen-bond acceptors (Lipinski definition) is 1. The Labute approximate surface area is 85.9 Å². The van der Waals surface area contributed by atoms with E-state index >= 15 is 0 Å². The third-order valence-electron chi connectivity index (χ3n) is 1.94. The van der Waals surface area contributed by atoms with E-state index in [2.05, 4.69) is 5.10 Å². The zero-order valence-corrected chi connectivity index (χ0v) is 8.29. The summed E-state index contributed by atoms with van der Waals surface area (Å²) in [6.07, 6.45) is 0. The maximum atomic E-state index is 13.5. The van der Waals surface area contributed by atoms with Crippen molar-refractivity contribution in [3.8, 4) is 5.69 Å². The van der Waals surface area contributed by atoms with Crippen LogP contribution in [0, 0.1) is 12.9 Å². The Bertz CT molecular complexity index is 451. The summed E-state index contributed by atoms with van der Waals surface area (Å²) in [5.41, 5.74) is 1.16. The fraction of sp³-hybridized carbons (Fsp3) is 0.100. The van der Waals surface area contributed by atoms with E-state index in [-0.39, 0.29) is 5.02 Å². The van der Waals surface area contributed by atoms with Crippen molar-refractivity contribution in [1.29, 1.82) is 0 Å². The molecule has 2 aromatic rings. The third-order valence-corrected chi connectivity index (χ3v) is 2.36. The summed E-state index contributed by atoms with van der Waals surface area (Å²) in [4.78, 5) is 0.